The van der Waals surface area contributed by atoms with Crippen molar-refractivity contribution in [2.24, 2.45) is 5.73 Å². The Labute approximate surface area is 126 Å². The third-order valence-electron chi connectivity index (χ3n) is 2.72. The van der Waals surface area contributed by atoms with E-state index in [0.29, 0.717) is 24.9 Å². The molecule has 0 aliphatic rings. The van der Waals surface area contributed by atoms with Gasteiger partial charge >= 0.3 is 6.18 Å². The van der Waals surface area contributed by atoms with Crippen LogP contribution in [0.2, 0.25) is 0 Å². The second kappa shape index (κ2) is 8.47. The normalized spacial score (nSPS) is 11.1. The molecule has 1 rings (SSSR count). The largest absolute Gasteiger partial charge is 0.493 e. The minimum Gasteiger partial charge on any atom is -0.493 e. The number of benzene rings is 1. The molecule has 5 nitrogen and oxygen atoms in total. The molecule has 0 radical (unpaired) electrons. The summed E-state index contributed by atoms with van der Waals surface area (Å²) < 4.78 is 46.1. The molecule has 3 N–H and O–H groups in total. The van der Waals surface area contributed by atoms with Crippen LogP contribution in [0.5, 0.6) is 11.5 Å². The molecule has 0 heterocycles. The van der Waals surface area contributed by atoms with Gasteiger partial charge in [-0.15, -0.1) is 0 Å². The Balaban J connectivity index is 2.62. The zero-order valence-corrected chi connectivity index (χ0v) is 12.2. The van der Waals surface area contributed by atoms with Crippen LogP contribution >= 0.6 is 0 Å². The van der Waals surface area contributed by atoms with Gasteiger partial charge in [-0.25, -0.2) is 0 Å². The van der Waals surface area contributed by atoms with Gasteiger partial charge < -0.3 is 20.5 Å². The number of carbonyl (C=O) groups is 1. The fourth-order valence-corrected chi connectivity index (χ4v) is 1.65. The number of hydrogen-bond donors (Lipinski definition) is 2. The standard InChI is InChI=1S/C14H19F3N2O3/c1-21-12-7-10(8-19-13(20)3-2-6-18)4-5-11(12)22-9-14(15,16)17/h4-5,7H,2-3,6,8-9,18H2,1H3,(H,19,20). The Bertz CT molecular complexity index is 493. The van der Waals surface area contributed by atoms with Crippen molar-refractivity contribution in [3.8, 4) is 11.5 Å². The molecule has 0 fully saturated rings. The summed E-state index contributed by atoms with van der Waals surface area (Å²) in [6.07, 6.45) is -3.49. The molecule has 1 aromatic rings. The molecule has 8 heteroatoms. The SMILES string of the molecule is COc1cc(CNC(=O)CCCN)ccc1OCC(F)(F)F. The number of alkyl halides is 3. The fourth-order valence-electron chi connectivity index (χ4n) is 1.65. The summed E-state index contributed by atoms with van der Waals surface area (Å²) >= 11 is 0. The smallest absolute Gasteiger partial charge is 0.422 e. The zero-order chi connectivity index (χ0) is 16.6. The molecule has 0 aliphatic heterocycles. The summed E-state index contributed by atoms with van der Waals surface area (Å²) in [5.74, 6) is 0.0396. The summed E-state index contributed by atoms with van der Waals surface area (Å²) in [5.41, 5.74) is 6.00. The first-order valence-corrected chi connectivity index (χ1v) is 6.69. The number of rotatable bonds is 8. The lowest BCUT2D eigenvalue weighted by Crippen LogP contribution is -2.23. The molecule has 0 saturated carbocycles. The van der Waals surface area contributed by atoms with Crippen LogP contribution in [-0.4, -0.2) is 32.3 Å². The number of carbonyl (C=O) groups excluding carboxylic acids is 1. The minimum atomic E-state index is -4.42. The fraction of sp³-hybridized carbons (Fsp3) is 0.500. The maximum Gasteiger partial charge on any atom is 0.422 e. The minimum absolute atomic E-state index is 0.00182. The van der Waals surface area contributed by atoms with E-state index in [9.17, 15) is 18.0 Å². The van der Waals surface area contributed by atoms with Gasteiger partial charge in [0.25, 0.3) is 0 Å². The highest BCUT2D eigenvalue weighted by Gasteiger charge is 2.29. The average molecular weight is 320 g/mol. The van der Waals surface area contributed by atoms with Crippen molar-refractivity contribution in [2.45, 2.75) is 25.6 Å². The first kappa shape index (κ1) is 18.1. The molecule has 0 saturated heterocycles. The Morgan fingerprint density at radius 2 is 2.05 bits per heavy atom. The number of halogens is 3. The molecular formula is C14H19F3N2O3. The average Bonchev–Trinajstić information content (AvgIpc) is 2.48. The van der Waals surface area contributed by atoms with Gasteiger partial charge in [0.1, 0.15) is 0 Å². The Hall–Kier alpha value is -1.96. The van der Waals surface area contributed by atoms with E-state index in [1.165, 1.54) is 19.2 Å². The van der Waals surface area contributed by atoms with Crippen molar-refractivity contribution in [1.82, 2.24) is 5.32 Å². The molecule has 0 bridgehead atoms. The van der Waals surface area contributed by atoms with E-state index < -0.39 is 12.8 Å². The van der Waals surface area contributed by atoms with E-state index in [4.69, 9.17) is 10.5 Å². The first-order chi connectivity index (χ1) is 10.4. The molecule has 0 aliphatic carbocycles. The molecule has 0 spiro atoms. The Kier molecular flexibility index (Phi) is 6.97. The van der Waals surface area contributed by atoms with Gasteiger partial charge in [-0.1, -0.05) is 6.07 Å². The summed E-state index contributed by atoms with van der Waals surface area (Å²) in [5, 5.41) is 2.69. The van der Waals surface area contributed by atoms with Gasteiger partial charge in [0, 0.05) is 13.0 Å². The number of methoxy groups -OCH3 is 1. The van der Waals surface area contributed by atoms with Gasteiger partial charge in [-0.2, -0.15) is 13.2 Å². The highest BCUT2D eigenvalue weighted by molar-refractivity contribution is 5.75. The van der Waals surface area contributed by atoms with Gasteiger partial charge in [-0.05, 0) is 30.7 Å². The van der Waals surface area contributed by atoms with Crippen LogP contribution in [0.15, 0.2) is 18.2 Å². The maximum absolute atomic E-state index is 12.1. The van der Waals surface area contributed by atoms with E-state index in [1.54, 1.807) is 6.07 Å². The van der Waals surface area contributed by atoms with Crippen molar-refractivity contribution >= 4 is 5.91 Å². The van der Waals surface area contributed by atoms with Crippen molar-refractivity contribution in [3.05, 3.63) is 23.8 Å². The number of hydrogen-bond acceptors (Lipinski definition) is 4. The summed E-state index contributed by atoms with van der Waals surface area (Å²) in [6.45, 7) is -0.704. The Morgan fingerprint density at radius 1 is 1.32 bits per heavy atom. The summed E-state index contributed by atoms with van der Waals surface area (Å²) in [4.78, 5) is 11.5. The lowest BCUT2D eigenvalue weighted by molar-refractivity contribution is -0.153. The van der Waals surface area contributed by atoms with Gasteiger partial charge in [-0.3, -0.25) is 4.79 Å². The molecular weight excluding hydrogens is 301 g/mol. The van der Waals surface area contributed by atoms with E-state index in [1.807, 2.05) is 0 Å². The molecule has 22 heavy (non-hydrogen) atoms. The second-order valence-electron chi connectivity index (χ2n) is 4.56. The van der Waals surface area contributed by atoms with Crippen molar-refractivity contribution in [3.63, 3.8) is 0 Å². The van der Waals surface area contributed by atoms with Crippen molar-refractivity contribution < 1.29 is 27.4 Å². The predicted molar refractivity (Wildman–Crippen MR) is 74.7 cm³/mol. The number of amides is 1. The third-order valence-corrected chi connectivity index (χ3v) is 2.72. The first-order valence-electron chi connectivity index (χ1n) is 6.69. The topological polar surface area (TPSA) is 73.6 Å². The molecule has 0 unspecified atom stereocenters. The Morgan fingerprint density at radius 3 is 2.64 bits per heavy atom. The van der Waals surface area contributed by atoms with E-state index in [0.717, 1.165) is 0 Å². The monoisotopic (exact) mass is 320 g/mol. The van der Waals surface area contributed by atoms with Crippen LogP contribution in [0.1, 0.15) is 18.4 Å². The third kappa shape index (κ3) is 6.66. The zero-order valence-electron chi connectivity index (χ0n) is 12.2. The maximum atomic E-state index is 12.1. The number of ether oxygens (including phenoxy) is 2. The molecule has 124 valence electrons. The van der Waals surface area contributed by atoms with Crippen LogP contribution in [0.25, 0.3) is 0 Å². The van der Waals surface area contributed by atoms with Gasteiger partial charge in [0.15, 0.2) is 18.1 Å². The van der Waals surface area contributed by atoms with Crippen LogP contribution in [-0.2, 0) is 11.3 Å². The van der Waals surface area contributed by atoms with E-state index in [2.05, 4.69) is 10.1 Å². The molecule has 0 aromatic heterocycles. The van der Waals surface area contributed by atoms with Crippen LogP contribution in [0.3, 0.4) is 0 Å². The molecule has 1 aromatic carbocycles. The molecule has 0 atom stereocenters. The lowest BCUT2D eigenvalue weighted by atomic mass is 10.2. The highest BCUT2D eigenvalue weighted by Crippen LogP contribution is 2.29. The van der Waals surface area contributed by atoms with Gasteiger partial charge in [0.2, 0.25) is 5.91 Å². The van der Waals surface area contributed by atoms with E-state index in [-0.39, 0.29) is 24.0 Å². The second-order valence-corrected chi connectivity index (χ2v) is 4.56. The van der Waals surface area contributed by atoms with Crippen LogP contribution in [0, 0.1) is 0 Å². The summed E-state index contributed by atoms with van der Waals surface area (Å²) in [6, 6.07) is 4.47. The highest BCUT2D eigenvalue weighted by atomic mass is 19.4. The lowest BCUT2D eigenvalue weighted by Gasteiger charge is -2.14. The van der Waals surface area contributed by atoms with E-state index >= 15 is 0 Å². The van der Waals surface area contributed by atoms with Crippen LogP contribution in [0.4, 0.5) is 13.2 Å². The quantitative estimate of drug-likeness (QED) is 0.768. The van der Waals surface area contributed by atoms with Crippen molar-refractivity contribution in [2.75, 3.05) is 20.3 Å². The molecule has 1 amide bonds. The summed E-state index contributed by atoms with van der Waals surface area (Å²) in [7, 11) is 1.33. The van der Waals surface area contributed by atoms with Crippen LogP contribution < -0.4 is 20.5 Å². The van der Waals surface area contributed by atoms with Gasteiger partial charge in [0.05, 0.1) is 7.11 Å². The van der Waals surface area contributed by atoms with Crippen molar-refractivity contribution in [1.29, 1.82) is 0 Å². The number of nitrogens with two attached hydrogens (primary N) is 1. The predicted octanol–water partition coefficient (Wildman–Crippen LogP) is 1.99. The number of nitrogens with one attached hydrogen (secondary N) is 1.